The molecule has 1 aliphatic carbocycles. The SMILES string of the molecule is CN1C(=O)C(NC(=O)c2nn(Cc3ccccc3F)cc2F)[C@H]2CC2(C)c2nccnc21. The molecule has 0 bridgehead atoms. The van der Waals surface area contributed by atoms with Crippen molar-refractivity contribution in [3.63, 3.8) is 0 Å². The maximum Gasteiger partial charge on any atom is 0.275 e. The molecule has 32 heavy (non-hydrogen) atoms. The Kier molecular flexibility index (Phi) is 4.54. The van der Waals surface area contributed by atoms with E-state index in [0.29, 0.717) is 23.5 Å². The first-order chi connectivity index (χ1) is 15.3. The van der Waals surface area contributed by atoms with Crippen molar-refractivity contribution in [2.45, 2.75) is 31.3 Å². The zero-order chi connectivity index (χ0) is 22.6. The normalized spacial score (nSPS) is 23.9. The Morgan fingerprint density at radius 1 is 1.22 bits per heavy atom. The van der Waals surface area contributed by atoms with Crippen molar-refractivity contribution in [1.82, 2.24) is 25.1 Å². The van der Waals surface area contributed by atoms with E-state index in [9.17, 15) is 18.4 Å². The van der Waals surface area contributed by atoms with Crippen LogP contribution < -0.4 is 10.2 Å². The highest BCUT2D eigenvalue weighted by Crippen LogP contribution is 2.58. The summed E-state index contributed by atoms with van der Waals surface area (Å²) >= 11 is 0. The Bertz CT molecular complexity index is 1240. The van der Waals surface area contributed by atoms with Gasteiger partial charge >= 0.3 is 0 Å². The number of amides is 2. The molecule has 164 valence electrons. The number of hydrogen-bond acceptors (Lipinski definition) is 5. The Labute approximate surface area is 182 Å². The molecule has 0 radical (unpaired) electrons. The minimum Gasteiger partial charge on any atom is -0.338 e. The lowest BCUT2D eigenvalue weighted by Crippen LogP contribution is -2.49. The second-order valence-electron chi connectivity index (χ2n) is 8.42. The van der Waals surface area contributed by atoms with Crippen molar-refractivity contribution < 1.29 is 18.4 Å². The smallest absolute Gasteiger partial charge is 0.275 e. The third-order valence-corrected chi connectivity index (χ3v) is 6.35. The molecule has 5 rings (SSSR count). The summed E-state index contributed by atoms with van der Waals surface area (Å²) in [4.78, 5) is 36.1. The van der Waals surface area contributed by atoms with Gasteiger partial charge in [0.25, 0.3) is 11.8 Å². The van der Waals surface area contributed by atoms with Crippen LogP contribution in [-0.4, -0.2) is 44.7 Å². The van der Waals surface area contributed by atoms with Crippen LogP contribution in [0.4, 0.5) is 14.6 Å². The van der Waals surface area contributed by atoms with Crippen molar-refractivity contribution in [1.29, 1.82) is 0 Å². The molecular formula is C22H20F2N6O2. The predicted octanol–water partition coefficient (Wildman–Crippen LogP) is 2.05. The van der Waals surface area contributed by atoms with E-state index in [1.54, 1.807) is 31.4 Å². The van der Waals surface area contributed by atoms with E-state index in [2.05, 4.69) is 20.4 Å². The molecule has 8 nitrogen and oxygen atoms in total. The van der Waals surface area contributed by atoms with E-state index in [1.807, 2.05) is 6.92 Å². The standard InChI is InChI=1S/C22H20F2N6O2/c1-22-9-13(22)16(21(32)29(2)19-18(22)25-7-8-26-19)27-20(31)17-15(24)11-30(28-17)10-12-5-3-4-6-14(12)23/h3-8,11,13,16H,9-10H2,1-2H3,(H,27,31)/t13-,16?,22?/m1/s1. The van der Waals surface area contributed by atoms with Gasteiger partial charge in [0.1, 0.15) is 11.9 Å². The molecule has 1 N–H and O–H groups in total. The van der Waals surface area contributed by atoms with Crippen LogP contribution in [0.25, 0.3) is 0 Å². The van der Waals surface area contributed by atoms with E-state index >= 15 is 0 Å². The highest BCUT2D eigenvalue weighted by atomic mass is 19.1. The predicted molar refractivity (Wildman–Crippen MR) is 110 cm³/mol. The third kappa shape index (κ3) is 3.14. The number of rotatable bonds is 4. The summed E-state index contributed by atoms with van der Waals surface area (Å²) < 4.78 is 29.6. The van der Waals surface area contributed by atoms with E-state index < -0.39 is 34.7 Å². The van der Waals surface area contributed by atoms with Crippen LogP contribution in [0.1, 0.15) is 35.1 Å². The van der Waals surface area contributed by atoms with Crippen molar-refractivity contribution in [2.24, 2.45) is 5.92 Å². The highest BCUT2D eigenvalue weighted by molar-refractivity contribution is 6.02. The van der Waals surface area contributed by atoms with Crippen molar-refractivity contribution in [2.75, 3.05) is 11.9 Å². The van der Waals surface area contributed by atoms with Crippen LogP contribution in [0.15, 0.2) is 42.9 Å². The van der Waals surface area contributed by atoms with E-state index in [0.717, 1.165) is 10.9 Å². The van der Waals surface area contributed by atoms with Gasteiger partial charge in [-0.25, -0.2) is 13.8 Å². The van der Waals surface area contributed by atoms with Gasteiger partial charge in [-0.15, -0.1) is 0 Å². The van der Waals surface area contributed by atoms with E-state index in [4.69, 9.17) is 0 Å². The van der Waals surface area contributed by atoms with Gasteiger partial charge < -0.3 is 5.32 Å². The fourth-order valence-electron chi connectivity index (χ4n) is 4.43. The van der Waals surface area contributed by atoms with Crippen molar-refractivity contribution >= 4 is 17.6 Å². The zero-order valence-electron chi connectivity index (χ0n) is 17.4. The molecule has 3 atom stereocenters. The molecule has 2 aliphatic rings. The summed E-state index contributed by atoms with van der Waals surface area (Å²) in [7, 11) is 1.58. The summed E-state index contributed by atoms with van der Waals surface area (Å²) in [5, 5.41) is 6.65. The molecular weight excluding hydrogens is 418 g/mol. The molecule has 0 saturated heterocycles. The van der Waals surface area contributed by atoms with Gasteiger partial charge in [-0.2, -0.15) is 5.10 Å². The Hall–Kier alpha value is -3.69. The topological polar surface area (TPSA) is 93.0 Å². The van der Waals surface area contributed by atoms with E-state index in [-0.39, 0.29) is 18.4 Å². The number of hydrogen-bond donors (Lipinski definition) is 1. The van der Waals surface area contributed by atoms with Crippen LogP contribution in [0.2, 0.25) is 0 Å². The van der Waals surface area contributed by atoms with Gasteiger partial charge in [-0.05, 0) is 12.5 Å². The van der Waals surface area contributed by atoms with Gasteiger partial charge in [0.05, 0.1) is 18.4 Å². The average Bonchev–Trinajstić information content (AvgIpc) is 3.34. The lowest BCUT2D eigenvalue weighted by molar-refractivity contribution is -0.120. The number of benzene rings is 1. The molecule has 2 aromatic heterocycles. The summed E-state index contributed by atoms with van der Waals surface area (Å²) in [6, 6.07) is 5.20. The number of nitrogens with zero attached hydrogens (tertiary/aromatic N) is 5. The number of likely N-dealkylation sites (N-methyl/N-ethyl adjacent to an activating group) is 1. The molecule has 1 fully saturated rings. The molecule has 3 aromatic rings. The monoisotopic (exact) mass is 438 g/mol. The molecule has 1 aliphatic heterocycles. The second kappa shape index (κ2) is 7.18. The highest BCUT2D eigenvalue weighted by Gasteiger charge is 2.62. The van der Waals surface area contributed by atoms with Gasteiger partial charge in [0.2, 0.25) is 0 Å². The summed E-state index contributed by atoms with van der Waals surface area (Å²) in [5.41, 5.74) is 0.161. The fraction of sp³-hybridized carbons (Fsp3) is 0.318. The largest absolute Gasteiger partial charge is 0.338 e. The Morgan fingerprint density at radius 3 is 2.75 bits per heavy atom. The average molecular weight is 438 g/mol. The maximum absolute atomic E-state index is 14.5. The zero-order valence-corrected chi connectivity index (χ0v) is 17.4. The Balaban J connectivity index is 1.39. The number of fused-ring (bicyclic) bond motifs is 3. The minimum atomic E-state index is -0.871. The summed E-state index contributed by atoms with van der Waals surface area (Å²) in [5.74, 6) is -2.18. The van der Waals surface area contributed by atoms with Gasteiger partial charge in [-0.3, -0.25) is 24.2 Å². The molecule has 2 amide bonds. The number of anilines is 1. The minimum absolute atomic E-state index is 0.0324. The van der Waals surface area contributed by atoms with Crippen molar-refractivity contribution in [3.05, 3.63) is 71.4 Å². The molecule has 2 unspecified atom stereocenters. The molecule has 0 spiro atoms. The van der Waals surface area contributed by atoms with Crippen LogP contribution in [0, 0.1) is 17.6 Å². The van der Waals surface area contributed by atoms with Gasteiger partial charge in [0.15, 0.2) is 17.3 Å². The number of nitrogens with one attached hydrogen (secondary N) is 1. The van der Waals surface area contributed by atoms with Crippen LogP contribution >= 0.6 is 0 Å². The molecule has 3 heterocycles. The van der Waals surface area contributed by atoms with E-state index in [1.165, 1.54) is 17.2 Å². The van der Waals surface area contributed by atoms with Crippen LogP contribution in [-0.2, 0) is 16.8 Å². The maximum atomic E-state index is 14.5. The first-order valence-electron chi connectivity index (χ1n) is 10.2. The number of halogens is 2. The van der Waals surface area contributed by atoms with Crippen LogP contribution in [0.3, 0.4) is 0 Å². The summed E-state index contributed by atoms with van der Waals surface area (Å²) in [6.45, 7) is 1.94. The fourth-order valence-corrected chi connectivity index (χ4v) is 4.43. The van der Waals surface area contributed by atoms with Crippen LogP contribution in [0.5, 0.6) is 0 Å². The number of aromatic nitrogens is 4. The molecule has 1 saturated carbocycles. The second-order valence-corrected chi connectivity index (χ2v) is 8.42. The summed E-state index contributed by atoms with van der Waals surface area (Å²) in [6.07, 6.45) is 4.77. The number of carbonyl (C=O) groups excluding carboxylic acids is 2. The van der Waals surface area contributed by atoms with Gasteiger partial charge in [-0.1, -0.05) is 25.1 Å². The quantitative estimate of drug-likeness (QED) is 0.673. The lowest BCUT2D eigenvalue weighted by Gasteiger charge is -2.22. The Morgan fingerprint density at radius 2 is 1.97 bits per heavy atom. The molecule has 1 aromatic carbocycles. The van der Waals surface area contributed by atoms with Crippen molar-refractivity contribution in [3.8, 4) is 0 Å². The lowest BCUT2D eigenvalue weighted by atomic mass is 9.98. The first kappa shape index (κ1) is 20.2. The first-order valence-corrected chi connectivity index (χ1v) is 10.2. The van der Waals surface area contributed by atoms with Gasteiger partial charge in [0, 0.05) is 36.3 Å². The third-order valence-electron chi connectivity index (χ3n) is 6.35. The number of carbonyl (C=O) groups is 2. The molecule has 10 heteroatoms.